The van der Waals surface area contributed by atoms with Gasteiger partial charge in [0.25, 0.3) is 0 Å². The molecule has 1 rings (SSSR count). The molecule has 1 aromatic carbocycles. The molecule has 0 fully saturated rings. The van der Waals surface area contributed by atoms with Crippen LogP contribution in [-0.2, 0) is 17.1 Å². The third-order valence-electron chi connectivity index (χ3n) is 0.667. The van der Waals surface area contributed by atoms with Crippen molar-refractivity contribution in [3.63, 3.8) is 0 Å². The number of rotatable bonds is 0. The van der Waals surface area contributed by atoms with Gasteiger partial charge in [-0.2, -0.15) is 0 Å². The summed E-state index contributed by atoms with van der Waals surface area (Å²) in [5.74, 6) is 0. The molecular weight excluding hydrogens is 270 g/mol. The predicted molar refractivity (Wildman–Crippen MR) is 55.4 cm³/mol. The molecule has 0 aromatic heterocycles. The van der Waals surface area contributed by atoms with Gasteiger partial charge in [-0.05, 0) is 0 Å². The molecule has 11 heavy (non-hydrogen) atoms. The summed E-state index contributed by atoms with van der Waals surface area (Å²) in [5, 5.41) is 0. The van der Waals surface area contributed by atoms with E-state index >= 15 is 0 Å². The van der Waals surface area contributed by atoms with Crippen LogP contribution in [0.4, 0.5) is 0 Å². The van der Waals surface area contributed by atoms with Crippen molar-refractivity contribution in [3.05, 3.63) is 36.4 Å². The van der Waals surface area contributed by atoms with Crippen molar-refractivity contribution in [1.29, 1.82) is 0 Å². The van der Waals surface area contributed by atoms with Gasteiger partial charge in [-0.25, -0.2) is 0 Å². The number of benzene rings is 1. The molecule has 0 radical (unpaired) electrons. The first-order valence-electron chi connectivity index (χ1n) is 2.00. The van der Waals surface area contributed by atoms with Crippen molar-refractivity contribution in [1.82, 2.24) is 0 Å². The maximum atomic E-state index is 2.00. The van der Waals surface area contributed by atoms with Crippen molar-refractivity contribution in [3.8, 4) is 0 Å². The van der Waals surface area contributed by atoms with E-state index in [1.807, 2.05) is 36.4 Å². The zero-order chi connectivity index (χ0) is 4.24. The SMILES string of the molecule is Cl.Cl.Cl.Cl.[Fe].c1ccccc1. The number of hydrogen-bond acceptors (Lipinski definition) is 0. The van der Waals surface area contributed by atoms with Crippen LogP contribution in [0.15, 0.2) is 36.4 Å². The molecule has 0 saturated carbocycles. The van der Waals surface area contributed by atoms with Gasteiger partial charge in [0.1, 0.15) is 0 Å². The normalized spacial score (nSPS) is 4.36. The summed E-state index contributed by atoms with van der Waals surface area (Å²) in [6.45, 7) is 0. The van der Waals surface area contributed by atoms with Gasteiger partial charge in [-0.1, -0.05) is 36.4 Å². The Morgan fingerprint density at radius 3 is 0.545 bits per heavy atom. The van der Waals surface area contributed by atoms with E-state index < -0.39 is 0 Å². The van der Waals surface area contributed by atoms with Gasteiger partial charge < -0.3 is 0 Å². The Morgan fingerprint density at radius 1 is 0.364 bits per heavy atom. The summed E-state index contributed by atoms with van der Waals surface area (Å²) in [6, 6.07) is 12.0. The Labute approximate surface area is 103 Å². The van der Waals surface area contributed by atoms with Gasteiger partial charge in [0, 0.05) is 17.1 Å². The van der Waals surface area contributed by atoms with Crippen LogP contribution in [0.25, 0.3) is 0 Å². The van der Waals surface area contributed by atoms with Gasteiger partial charge in [0.2, 0.25) is 0 Å². The fourth-order valence-electron chi connectivity index (χ4n) is 0.385. The molecule has 0 unspecified atom stereocenters. The van der Waals surface area contributed by atoms with Crippen LogP contribution in [-0.4, -0.2) is 0 Å². The van der Waals surface area contributed by atoms with E-state index in [0.717, 1.165) is 0 Å². The summed E-state index contributed by atoms with van der Waals surface area (Å²) < 4.78 is 0. The fraction of sp³-hybridized carbons (Fsp3) is 0. The first-order chi connectivity index (χ1) is 3.00. The van der Waals surface area contributed by atoms with Crippen LogP contribution >= 0.6 is 49.6 Å². The van der Waals surface area contributed by atoms with Crippen LogP contribution in [0.5, 0.6) is 0 Å². The van der Waals surface area contributed by atoms with E-state index in [0.29, 0.717) is 0 Å². The molecule has 0 N–H and O–H groups in total. The van der Waals surface area contributed by atoms with Gasteiger partial charge >= 0.3 is 0 Å². The zero-order valence-electron chi connectivity index (χ0n) is 5.45. The molecule has 0 bridgehead atoms. The molecule has 0 nitrogen and oxygen atoms in total. The number of hydrogen-bond donors (Lipinski definition) is 0. The van der Waals surface area contributed by atoms with Gasteiger partial charge in [0.05, 0.1) is 0 Å². The summed E-state index contributed by atoms with van der Waals surface area (Å²) >= 11 is 0. The van der Waals surface area contributed by atoms with E-state index in [1.165, 1.54) is 0 Å². The third kappa shape index (κ3) is 18.1. The minimum Gasteiger partial charge on any atom is -0.147 e. The molecule has 0 aliphatic heterocycles. The molecule has 70 valence electrons. The van der Waals surface area contributed by atoms with E-state index in [9.17, 15) is 0 Å². The molecule has 5 heteroatoms. The van der Waals surface area contributed by atoms with Crippen LogP contribution in [0, 0.1) is 0 Å². The summed E-state index contributed by atoms with van der Waals surface area (Å²) in [6.07, 6.45) is 0. The first kappa shape index (κ1) is 29.7. The second-order valence-electron chi connectivity index (χ2n) is 1.15. The molecule has 0 heterocycles. The van der Waals surface area contributed by atoms with E-state index in [-0.39, 0.29) is 66.7 Å². The van der Waals surface area contributed by atoms with Gasteiger partial charge in [0.15, 0.2) is 0 Å². The Balaban J connectivity index is -0.0000000240. The Bertz CT molecular complexity index is 86.5. The smallest absolute Gasteiger partial charge is 0 e. The fourth-order valence-corrected chi connectivity index (χ4v) is 0.385. The molecule has 0 aliphatic carbocycles. The van der Waals surface area contributed by atoms with Gasteiger partial charge in [-0.3, -0.25) is 0 Å². The first-order valence-corrected chi connectivity index (χ1v) is 2.00. The minimum atomic E-state index is 0. The molecule has 0 aliphatic rings. The van der Waals surface area contributed by atoms with Crippen LogP contribution in [0.2, 0.25) is 0 Å². The van der Waals surface area contributed by atoms with Crippen molar-refractivity contribution >= 4 is 49.6 Å². The minimum absolute atomic E-state index is 0. The van der Waals surface area contributed by atoms with E-state index in [4.69, 9.17) is 0 Å². The molecule has 0 atom stereocenters. The van der Waals surface area contributed by atoms with Crippen LogP contribution < -0.4 is 0 Å². The van der Waals surface area contributed by atoms with Crippen molar-refractivity contribution in [2.75, 3.05) is 0 Å². The Hall–Kier alpha value is 0.899. The van der Waals surface area contributed by atoms with Crippen molar-refractivity contribution in [2.24, 2.45) is 0 Å². The predicted octanol–water partition coefficient (Wildman–Crippen LogP) is 3.37. The molecule has 0 saturated heterocycles. The Morgan fingerprint density at radius 2 is 0.455 bits per heavy atom. The summed E-state index contributed by atoms with van der Waals surface area (Å²) in [7, 11) is 0. The second-order valence-corrected chi connectivity index (χ2v) is 1.15. The average Bonchev–Trinajstić information content (AvgIpc) is 1.72. The maximum Gasteiger partial charge on any atom is 0 e. The largest absolute Gasteiger partial charge is 0.147 e. The van der Waals surface area contributed by atoms with Gasteiger partial charge in [-0.15, -0.1) is 49.6 Å². The topological polar surface area (TPSA) is 0 Å². The molecule has 1 aromatic rings. The monoisotopic (exact) mass is 278 g/mol. The molecule has 0 spiro atoms. The average molecular weight is 280 g/mol. The maximum absolute atomic E-state index is 2.00. The molecular formula is C6H10Cl4Fe. The summed E-state index contributed by atoms with van der Waals surface area (Å²) in [5.41, 5.74) is 0. The standard InChI is InChI=1S/C6H6.4ClH.Fe/c1-2-4-6-5-3-1;;;;;/h1-6H;4*1H;. The van der Waals surface area contributed by atoms with E-state index in [1.54, 1.807) is 0 Å². The third-order valence-corrected chi connectivity index (χ3v) is 0.667. The zero-order valence-corrected chi connectivity index (χ0v) is 9.82. The van der Waals surface area contributed by atoms with Crippen LogP contribution in [0.3, 0.4) is 0 Å². The van der Waals surface area contributed by atoms with Crippen LogP contribution in [0.1, 0.15) is 0 Å². The van der Waals surface area contributed by atoms with Crippen molar-refractivity contribution in [2.45, 2.75) is 0 Å². The Kier molecular flexibility index (Phi) is 60.6. The van der Waals surface area contributed by atoms with Crippen molar-refractivity contribution < 1.29 is 17.1 Å². The summed E-state index contributed by atoms with van der Waals surface area (Å²) in [4.78, 5) is 0. The quantitative estimate of drug-likeness (QED) is 0.639. The number of halogens is 4. The molecule has 0 amide bonds. The van der Waals surface area contributed by atoms with E-state index in [2.05, 4.69) is 0 Å². The second kappa shape index (κ2) is 22.4.